The van der Waals surface area contributed by atoms with Crippen molar-refractivity contribution in [2.75, 3.05) is 13.1 Å². The van der Waals surface area contributed by atoms with Crippen LogP contribution in [0, 0.1) is 6.92 Å². The van der Waals surface area contributed by atoms with E-state index in [1.54, 1.807) is 6.20 Å². The van der Waals surface area contributed by atoms with E-state index in [4.69, 9.17) is 4.98 Å². The summed E-state index contributed by atoms with van der Waals surface area (Å²) in [6.45, 7) is 3.66. The lowest BCUT2D eigenvalue weighted by molar-refractivity contribution is 0.627. The fraction of sp³-hybridized carbons (Fsp3) is 0.227. The van der Waals surface area contributed by atoms with Crippen LogP contribution in [0.4, 0.5) is 0 Å². The maximum absolute atomic E-state index is 12.9. The summed E-state index contributed by atoms with van der Waals surface area (Å²) in [6, 6.07) is 16.2. The molecule has 3 N–H and O–H groups in total. The number of benzene rings is 2. The number of H-pyrrole nitrogens is 2. The fourth-order valence-corrected chi connectivity index (χ4v) is 4.16. The van der Waals surface area contributed by atoms with E-state index in [0.29, 0.717) is 11.3 Å². The first kappa shape index (κ1) is 16.9. The molecule has 2 atom stereocenters. The number of aryl methyl sites for hydroxylation is 1. The van der Waals surface area contributed by atoms with Crippen LogP contribution < -0.4 is 10.9 Å². The summed E-state index contributed by atoms with van der Waals surface area (Å²) in [5, 5.41) is 11.1. The van der Waals surface area contributed by atoms with Gasteiger partial charge in [0.25, 0.3) is 5.56 Å². The second-order valence-corrected chi connectivity index (χ2v) is 7.37. The van der Waals surface area contributed by atoms with E-state index in [9.17, 15) is 4.79 Å². The van der Waals surface area contributed by atoms with Gasteiger partial charge in [-0.05, 0) is 30.2 Å². The largest absolute Gasteiger partial charge is 0.315 e. The summed E-state index contributed by atoms with van der Waals surface area (Å²) in [7, 11) is 0. The molecule has 1 aliphatic rings. The molecule has 3 heterocycles. The van der Waals surface area contributed by atoms with E-state index >= 15 is 0 Å². The van der Waals surface area contributed by atoms with Gasteiger partial charge in [-0.1, -0.05) is 36.4 Å². The average Bonchev–Trinajstić information content (AvgIpc) is 3.37. The van der Waals surface area contributed by atoms with Crippen LogP contribution in [0.2, 0.25) is 0 Å². The van der Waals surface area contributed by atoms with Crippen molar-refractivity contribution in [3.05, 3.63) is 82.2 Å². The Balaban J connectivity index is 1.56. The zero-order valence-corrected chi connectivity index (χ0v) is 15.6. The van der Waals surface area contributed by atoms with Crippen LogP contribution >= 0.6 is 0 Å². The van der Waals surface area contributed by atoms with Crippen molar-refractivity contribution < 1.29 is 0 Å². The molecule has 0 spiro atoms. The van der Waals surface area contributed by atoms with Crippen molar-refractivity contribution >= 4 is 10.9 Å². The minimum Gasteiger partial charge on any atom is -0.315 e. The van der Waals surface area contributed by atoms with Crippen LogP contribution in [-0.4, -0.2) is 33.3 Å². The molecule has 0 bridgehead atoms. The quantitative estimate of drug-likeness (QED) is 0.516. The molecule has 5 rings (SSSR count). The Morgan fingerprint density at radius 2 is 1.86 bits per heavy atom. The van der Waals surface area contributed by atoms with E-state index in [2.05, 4.69) is 44.8 Å². The zero-order valence-electron chi connectivity index (χ0n) is 15.6. The van der Waals surface area contributed by atoms with E-state index in [1.807, 2.05) is 31.2 Å². The van der Waals surface area contributed by atoms with Crippen molar-refractivity contribution in [3.63, 3.8) is 0 Å². The lowest BCUT2D eigenvalue weighted by atomic mass is 9.88. The predicted octanol–water partition coefficient (Wildman–Crippen LogP) is 3.09. The molecule has 140 valence electrons. The summed E-state index contributed by atoms with van der Waals surface area (Å²) in [4.78, 5) is 20.7. The van der Waals surface area contributed by atoms with E-state index in [-0.39, 0.29) is 11.5 Å². The first-order chi connectivity index (χ1) is 13.7. The van der Waals surface area contributed by atoms with Crippen LogP contribution in [0.25, 0.3) is 22.0 Å². The summed E-state index contributed by atoms with van der Waals surface area (Å²) in [5.41, 5.74) is 4.83. The Bertz CT molecular complexity index is 1190. The molecular formula is C22H21N5O. The first-order valence-electron chi connectivity index (χ1n) is 9.50. The van der Waals surface area contributed by atoms with Gasteiger partial charge in [-0.3, -0.25) is 9.89 Å². The van der Waals surface area contributed by atoms with Crippen LogP contribution in [-0.2, 0) is 0 Å². The normalized spacial score (nSPS) is 19.3. The van der Waals surface area contributed by atoms with Gasteiger partial charge in [-0.15, -0.1) is 0 Å². The predicted molar refractivity (Wildman–Crippen MR) is 109 cm³/mol. The second-order valence-electron chi connectivity index (χ2n) is 7.37. The molecule has 2 aromatic carbocycles. The Hall–Kier alpha value is -3.25. The van der Waals surface area contributed by atoms with Crippen molar-refractivity contribution in [1.29, 1.82) is 0 Å². The van der Waals surface area contributed by atoms with Crippen molar-refractivity contribution in [1.82, 2.24) is 25.5 Å². The molecule has 6 heteroatoms. The lowest BCUT2D eigenvalue weighted by Crippen LogP contribution is -2.19. The van der Waals surface area contributed by atoms with Crippen LogP contribution in [0.5, 0.6) is 0 Å². The first-order valence-corrected chi connectivity index (χ1v) is 9.50. The molecular weight excluding hydrogens is 350 g/mol. The molecule has 0 aliphatic carbocycles. The summed E-state index contributed by atoms with van der Waals surface area (Å²) in [6.07, 6.45) is 1.78. The van der Waals surface area contributed by atoms with Gasteiger partial charge in [-0.2, -0.15) is 5.10 Å². The van der Waals surface area contributed by atoms with Crippen molar-refractivity contribution in [3.8, 4) is 11.1 Å². The van der Waals surface area contributed by atoms with Crippen LogP contribution in [0.15, 0.2) is 59.5 Å². The number of nitrogens with zero attached hydrogens (tertiary/aromatic N) is 2. The zero-order chi connectivity index (χ0) is 19.1. The monoisotopic (exact) mass is 371 g/mol. The average molecular weight is 371 g/mol. The van der Waals surface area contributed by atoms with Crippen molar-refractivity contribution in [2.45, 2.75) is 18.8 Å². The maximum atomic E-state index is 12.9. The minimum absolute atomic E-state index is 0.0956. The van der Waals surface area contributed by atoms with Gasteiger partial charge in [0.2, 0.25) is 0 Å². The van der Waals surface area contributed by atoms with E-state index in [1.165, 1.54) is 5.56 Å². The molecule has 28 heavy (non-hydrogen) atoms. The van der Waals surface area contributed by atoms with Crippen LogP contribution in [0.1, 0.15) is 28.9 Å². The molecule has 1 aliphatic heterocycles. The molecule has 2 aromatic heterocycles. The molecule has 1 saturated heterocycles. The minimum atomic E-state index is -0.0956. The highest BCUT2D eigenvalue weighted by Crippen LogP contribution is 2.34. The smallest absolute Gasteiger partial charge is 0.258 e. The van der Waals surface area contributed by atoms with Gasteiger partial charge < -0.3 is 10.3 Å². The standard InChI is InChI=1S/C22H21N5O/c1-13-17(12-24-27-13)15-7-8-20-16(9-15)22(28)26-21(25-20)19-11-23-10-18(19)14-5-3-2-4-6-14/h2-9,12,18-19,23H,10-11H2,1H3,(H,24,27)(H,25,26,28)/t18-,19+/m0/s1. The lowest BCUT2D eigenvalue weighted by Gasteiger charge is -2.18. The third-order valence-electron chi connectivity index (χ3n) is 5.66. The molecule has 0 amide bonds. The molecule has 0 saturated carbocycles. The van der Waals surface area contributed by atoms with Gasteiger partial charge in [0, 0.05) is 36.2 Å². The Kier molecular flexibility index (Phi) is 4.06. The molecule has 0 radical (unpaired) electrons. The Morgan fingerprint density at radius 3 is 2.64 bits per heavy atom. The van der Waals surface area contributed by atoms with Crippen molar-refractivity contribution in [2.24, 2.45) is 0 Å². The highest BCUT2D eigenvalue weighted by molar-refractivity contribution is 5.84. The van der Waals surface area contributed by atoms with Gasteiger partial charge in [-0.25, -0.2) is 4.98 Å². The van der Waals surface area contributed by atoms with E-state index in [0.717, 1.165) is 41.3 Å². The van der Waals surface area contributed by atoms with Gasteiger partial charge >= 0.3 is 0 Å². The van der Waals surface area contributed by atoms with Crippen LogP contribution in [0.3, 0.4) is 0 Å². The number of fused-ring (bicyclic) bond motifs is 1. The number of hydrogen-bond donors (Lipinski definition) is 3. The number of hydrogen-bond acceptors (Lipinski definition) is 4. The van der Waals surface area contributed by atoms with Gasteiger partial charge in [0.05, 0.1) is 17.1 Å². The Morgan fingerprint density at radius 1 is 1.04 bits per heavy atom. The Labute approximate surface area is 162 Å². The number of aromatic amines is 2. The topological polar surface area (TPSA) is 86.5 Å². The summed E-state index contributed by atoms with van der Waals surface area (Å²) in [5.74, 6) is 1.20. The highest BCUT2D eigenvalue weighted by atomic mass is 16.1. The summed E-state index contributed by atoms with van der Waals surface area (Å²) >= 11 is 0. The van der Waals surface area contributed by atoms with E-state index < -0.39 is 0 Å². The third-order valence-corrected chi connectivity index (χ3v) is 5.66. The number of nitrogens with one attached hydrogen (secondary N) is 3. The third kappa shape index (κ3) is 2.82. The highest BCUT2D eigenvalue weighted by Gasteiger charge is 2.31. The molecule has 4 aromatic rings. The number of rotatable bonds is 3. The fourth-order valence-electron chi connectivity index (χ4n) is 4.16. The molecule has 6 nitrogen and oxygen atoms in total. The van der Waals surface area contributed by atoms with Gasteiger partial charge in [0.1, 0.15) is 5.82 Å². The number of aromatic nitrogens is 4. The SMILES string of the molecule is Cc1[nH]ncc1-c1ccc2nc([C@@H]3CNC[C@H]3c3ccccc3)[nH]c(=O)c2c1. The molecule has 1 fully saturated rings. The second kappa shape index (κ2) is 6.73. The van der Waals surface area contributed by atoms with Gasteiger partial charge in [0.15, 0.2) is 0 Å². The summed E-state index contributed by atoms with van der Waals surface area (Å²) < 4.78 is 0. The molecule has 0 unspecified atom stereocenters. The maximum Gasteiger partial charge on any atom is 0.258 e.